The Bertz CT molecular complexity index is 300. The van der Waals surface area contributed by atoms with Crippen LogP contribution < -0.4 is 5.73 Å². The summed E-state index contributed by atoms with van der Waals surface area (Å²) in [7, 11) is 0. The molecule has 0 aromatic heterocycles. The Hall–Kier alpha value is -1.14. The first-order valence-corrected chi connectivity index (χ1v) is 6.34. The molecule has 104 valence electrons. The summed E-state index contributed by atoms with van der Waals surface area (Å²) in [5, 5.41) is 8.69. The van der Waals surface area contributed by atoms with E-state index < -0.39 is 11.4 Å². The SMILES string of the molecule is CCN(CCC(=O)O)C(=O)C1(CN)CCOCC1. The van der Waals surface area contributed by atoms with Crippen molar-refractivity contribution in [1.29, 1.82) is 0 Å². The van der Waals surface area contributed by atoms with Crippen LogP contribution in [0.5, 0.6) is 0 Å². The lowest BCUT2D eigenvalue weighted by molar-refractivity contribution is -0.148. The molecule has 0 saturated carbocycles. The third kappa shape index (κ3) is 3.43. The predicted octanol–water partition coefficient (Wildman–Crippen LogP) is 0.0651. The van der Waals surface area contributed by atoms with Gasteiger partial charge < -0.3 is 20.5 Å². The van der Waals surface area contributed by atoms with Gasteiger partial charge in [-0.3, -0.25) is 9.59 Å². The van der Waals surface area contributed by atoms with Crippen LogP contribution in [0.25, 0.3) is 0 Å². The normalized spacial score (nSPS) is 18.3. The van der Waals surface area contributed by atoms with Gasteiger partial charge in [-0.1, -0.05) is 0 Å². The van der Waals surface area contributed by atoms with Crippen LogP contribution in [0.4, 0.5) is 0 Å². The second-order valence-corrected chi connectivity index (χ2v) is 4.63. The van der Waals surface area contributed by atoms with Crippen LogP contribution in [0.15, 0.2) is 0 Å². The fourth-order valence-electron chi connectivity index (χ4n) is 2.24. The average molecular weight is 258 g/mol. The van der Waals surface area contributed by atoms with Crippen LogP contribution in [0.2, 0.25) is 0 Å². The van der Waals surface area contributed by atoms with Crippen molar-refractivity contribution in [3.05, 3.63) is 0 Å². The Morgan fingerprint density at radius 3 is 2.44 bits per heavy atom. The lowest BCUT2D eigenvalue weighted by Crippen LogP contribution is -2.51. The van der Waals surface area contributed by atoms with Gasteiger partial charge in [0.25, 0.3) is 0 Å². The second-order valence-electron chi connectivity index (χ2n) is 4.63. The van der Waals surface area contributed by atoms with E-state index in [4.69, 9.17) is 15.6 Å². The van der Waals surface area contributed by atoms with Crippen molar-refractivity contribution in [3.63, 3.8) is 0 Å². The number of nitrogens with two attached hydrogens (primary N) is 1. The molecular formula is C12H22N2O4. The Kier molecular flexibility index (Phi) is 5.55. The monoisotopic (exact) mass is 258 g/mol. The van der Waals surface area contributed by atoms with E-state index in [-0.39, 0.29) is 18.9 Å². The van der Waals surface area contributed by atoms with Crippen molar-refractivity contribution in [1.82, 2.24) is 4.90 Å². The highest BCUT2D eigenvalue weighted by atomic mass is 16.5. The fraction of sp³-hybridized carbons (Fsp3) is 0.833. The molecule has 6 nitrogen and oxygen atoms in total. The minimum Gasteiger partial charge on any atom is -0.481 e. The van der Waals surface area contributed by atoms with Gasteiger partial charge in [-0.15, -0.1) is 0 Å². The summed E-state index contributed by atoms with van der Waals surface area (Å²) < 4.78 is 5.27. The van der Waals surface area contributed by atoms with E-state index in [1.54, 1.807) is 4.90 Å². The number of aliphatic carboxylic acids is 1. The van der Waals surface area contributed by atoms with Crippen LogP contribution in [0, 0.1) is 5.41 Å². The highest BCUT2D eigenvalue weighted by molar-refractivity contribution is 5.83. The molecule has 0 spiro atoms. The van der Waals surface area contributed by atoms with Crippen molar-refractivity contribution >= 4 is 11.9 Å². The molecule has 1 heterocycles. The lowest BCUT2D eigenvalue weighted by Gasteiger charge is -2.38. The number of carbonyl (C=O) groups excluding carboxylic acids is 1. The van der Waals surface area contributed by atoms with E-state index in [1.807, 2.05) is 6.92 Å². The maximum absolute atomic E-state index is 12.5. The number of carbonyl (C=O) groups is 2. The summed E-state index contributed by atoms with van der Waals surface area (Å²) in [6.07, 6.45) is 1.20. The highest BCUT2D eigenvalue weighted by Gasteiger charge is 2.41. The molecule has 0 aromatic rings. The Morgan fingerprint density at radius 1 is 1.39 bits per heavy atom. The van der Waals surface area contributed by atoms with Gasteiger partial charge in [-0.2, -0.15) is 0 Å². The number of carboxylic acids is 1. The summed E-state index contributed by atoms with van der Waals surface area (Å²) in [6.45, 7) is 3.98. The summed E-state index contributed by atoms with van der Waals surface area (Å²) >= 11 is 0. The molecule has 18 heavy (non-hydrogen) atoms. The van der Waals surface area contributed by atoms with E-state index in [1.165, 1.54) is 0 Å². The molecule has 0 unspecified atom stereocenters. The van der Waals surface area contributed by atoms with Crippen molar-refractivity contribution in [2.24, 2.45) is 11.1 Å². The maximum Gasteiger partial charge on any atom is 0.305 e. The molecule has 1 rings (SSSR count). The van der Waals surface area contributed by atoms with Gasteiger partial charge >= 0.3 is 5.97 Å². The van der Waals surface area contributed by atoms with E-state index >= 15 is 0 Å². The van der Waals surface area contributed by atoms with Crippen molar-refractivity contribution < 1.29 is 19.4 Å². The molecule has 3 N–H and O–H groups in total. The number of hydrogen-bond donors (Lipinski definition) is 2. The largest absolute Gasteiger partial charge is 0.481 e. The predicted molar refractivity (Wildman–Crippen MR) is 66.0 cm³/mol. The Balaban J connectivity index is 2.70. The quantitative estimate of drug-likeness (QED) is 0.703. The Morgan fingerprint density at radius 2 is 2.00 bits per heavy atom. The number of carboxylic acid groups (broad SMARTS) is 1. The summed E-state index contributed by atoms with van der Waals surface area (Å²) in [6, 6.07) is 0. The molecule has 0 radical (unpaired) electrons. The molecule has 6 heteroatoms. The average Bonchev–Trinajstić information content (AvgIpc) is 2.39. The smallest absolute Gasteiger partial charge is 0.305 e. The van der Waals surface area contributed by atoms with E-state index in [9.17, 15) is 9.59 Å². The van der Waals surface area contributed by atoms with Crippen molar-refractivity contribution in [2.75, 3.05) is 32.8 Å². The van der Waals surface area contributed by atoms with Crippen molar-refractivity contribution in [2.45, 2.75) is 26.2 Å². The van der Waals surface area contributed by atoms with Crippen LogP contribution in [0.1, 0.15) is 26.2 Å². The zero-order valence-electron chi connectivity index (χ0n) is 10.9. The molecule has 1 amide bonds. The van der Waals surface area contributed by atoms with Gasteiger partial charge in [-0.25, -0.2) is 0 Å². The summed E-state index contributed by atoms with van der Waals surface area (Å²) in [4.78, 5) is 24.7. The standard InChI is InChI=1S/C12H22N2O4/c1-2-14(6-3-10(15)16)11(17)12(9-13)4-7-18-8-5-12/h2-9,13H2,1H3,(H,15,16). The topological polar surface area (TPSA) is 92.9 Å². The molecule has 1 aliphatic rings. The maximum atomic E-state index is 12.5. The number of ether oxygens (including phenoxy) is 1. The van der Waals surface area contributed by atoms with Gasteiger partial charge in [0.2, 0.25) is 5.91 Å². The van der Waals surface area contributed by atoms with Gasteiger partial charge in [-0.05, 0) is 19.8 Å². The molecule has 0 atom stereocenters. The highest BCUT2D eigenvalue weighted by Crippen LogP contribution is 2.31. The minimum atomic E-state index is -0.893. The van der Waals surface area contributed by atoms with E-state index in [0.717, 1.165) is 0 Å². The zero-order chi connectivity index (χ0) is 13.6. The third-order valence-corrected chi connectivity index (χ3v) is 3.56. The molecule has 0 aromatic carbocycles. The molecule has 0 aliphatic carbocycles. The van der Waals surface area contributed by atoms with Gasteiger partial charge in [0.05, 0.1) is 11.8 Å². The van der Waals surface area contributed by atoms with Crippen molar-refractivity contribution in [3.8, 4) is 0 Å². The first-order valence-electron chi connectivity index (χ1n) is 6.34. The van der Waals surface area contributed by atoms with Gasteiger partial charge in [0, 0.05) is 32.8 Å². The molecule has 1 saturated heterocycles. The number of amides is 1. The van der Waals surface area contributed by atoms with Crippen LogP contribution in [-0.4, -0.2) is 54.7 Å². The van der Waals surface area contributed by atoms with Gasteiger partial charge in [0.1, 0.15) is 0 Å². The molecule has 1 aliphatic heterocycles. The van der Waals surface area contributed by atoms with Crippen LogP contribution in [0.3, 0.4) is 0 Å². The van der Waals surface area contributed by atoms with Crippen LogP contribution >= 0.6 is 0 Å². The third-order valence-electron chi connectivity index (χ3n) is 3.56. The Labute approximate surface area is 107 Å². The fourth-order valence-corrected chi connectivity index (χ4v) is 2.24. The summed E-state index contributed by atoms with van der Waals surface area (Å²) in [5.74, 6) is -0.924. The number of rotatable bonds is 6. The first kappa shape index (κ1) is 14.9. The zero-order valence-corrected chi connectivity index (χ0v) is 10.9. The number of nitrogens with zero attached hydrogens (tertiary/aromatic N) is 1. The molecule has 1 fully saturated rings. The second kappa shape index (κ2) is 6.70. The van der Waals surface area contributed by atoms with Gasteiger partial charge in [0.15, 0.2) is 0 Å². The van der Waals surface area contributed by atoms with Crippen LogP contribution in [-0.2, 0) is 14.3 Å². The number of hydrogen-bond acceptors (Lipinski definition) is 4. The minimum absolute atomic E-state index is 0.0305. The first-order chi connectivity index (χ1) is 8.55. The molecular weight excluding hydrogens is 236 g/mol. The summed E-state index contributed by atoms with van der Waals surface area (Å²) in [5.41, 5.74) is 5.21. The van der Waals surface area contributed by atoms with E-state index in [0.29, 0.717) is 39.1 Å². The van der Waals surface area contributed by atoms with E-state index in [2.05, 4.69) is 0 Å². The lowest BCUT2D eigenvalue weighted by atomic mass is 9.79. The molecule has 0 bridgehead atoms.